The molecule has 3 heteroatoms. The Morgan fingerprint density at radius 3 is 2.45 bits per heavy atom. The van der Waals surface area contributed by atoms with Crippen molar-refractivity contribution < 1.29 is 0 Å². The molecule has 0 spiro atoms. The minimum absolute atomic E-state index is 0.434. The molecule has 2 nitrogen and oxygen atoms in total. The lowest BCUT2D eigenvalue weighted by Crippen LogP contribution is -2.38. The number of hydrogen-bond donors (Lipinski definition) is 1. The fourth-order valence-electron chi connectivity index (χ4n) is 3.18. The van der Waals surface area contributed by atoms with E-state index < -0.39 is 0 Å². The van der Waals surface area contributed by atoms with E-state index in [4.69, 9.17) is 5.73 Å². The molecule has 0 amide bonds. The second-order valence-corrected chi connectivity index (χ2v) is 7.85. The fourth-order valence-corrected chi connectivity index (χ4v) is 3.53. The van der Waals surface area contributed by atoms with Crippen molar-refractivity contribution in [2.45, 2.75) is 40.0 Å². The van der Waals surface area contributed by atoms with E-state index >= 15 is 0 Å². The molecule has 0 aliphatic carbocycles. The van der Waals surface area contributed by atoms with E-state index in [1.54, 1.807) is 0 Å². The second kappa shape index (κ2) is 6.48. The molecule has 1 aromatic rings. The van der Waals surface area contributed by atoms with Crippen LogP contribution in [-0.2, 0) is 6.42 Å². The number of anilines is 1. The number of piperidine rings is 1. The largest absolute Gasteiger partial charge is 0.371 e. The summed E-state index contributed by atoms with van der Waals surface area (Å²) < 4.78 is 1.16. The van der Waals surface area contributed by atoms with Crippen LogP contribution in [0.5, 0.6) is 0 Å². The Bertz CT molecular complexity index is 443. The van der Waals surface area contributed by atoms with Gasteiger partial charge in [0.1, 0.15) is 0 Å². The topological polar surface area (TPSA) is 29.3 Å². The number of nitrogens with zero attached hydrogens (tertiary/aromatic N) is 1. The molecule has 0 radical (unpaired) electrons. The van der Waals surface area contributed by atoms with Crippen molar-refractivity contribution in [3.05, 3.63) is 28.2 Å². The number of benzene rings is 1. The molecular formula is C17H27BrN2. The number of nitrogens with two attached hydrogens (primary N) is 1. The average molecular weight is 339 g/mol. The quantitative estimate of drug-likeness (QED) is 0.894. The number of hydrogen-bond acceptors (Lipinski definition) is 2. The van der Waals surface area contributed by atoms with Crippen LogP contribution in [0.2, 0.25) is 0 Å². The Morgan fingerprint density at radius 2 is 1.90 bits per heavy atom. The van der Waals surface area contributed by atoms with E-state index in [0.717, 1.165) is 29.9 Å². The first-order chi connectivity index (χ1) is 9.41. The lowest BCUT2D eigenvalue weighted by molar-refractivity contribution is 0.199. The van der Waals surface area contributed by atoms with Crippen molar-refractivity contribution in [1.82, 2.24) is 0 Å². The van der Waals surface area contributed by atoms with Gasteiger partial charge in [-0.1, -0.05) is 42.8 Å². The van der Waals surface area contributed by atoms with Gasteiger partial charge in [-0.15, -0.1) is 0 Å². The molecule has 1 saturated heterocycles. The molecular weight excluding hydrogens is 312 g/mol. The minimum atomic E-state index is 0.434. The van der Waals surface area contributed by atoms with E-state index in [9.17, 15) is 0 Å². The third kappa shape index (κ3) is 3.76. The predicted molar refractivity (Wildman–Crippen MR) is 91.3 cm³/mol. The zero-order chi connectivity index (χ0) is 14.8. The Hall–Kier alpha value is -0.540. The van der Waals surface area contributed by atoms with Gasteiger partial charge in [0.15, 0.2) is 0 Å². The van der Waals surface area contributed by atoms with Gasteiger partial charge in [-0.3, -0.25) is 0 Å². The highest BCUT2D eigenvalue weighted by Gasteiger charge is 2.29. The summed E-state index contributed by atoms with van der Waals surface area (Å²) in [5.41, 5.74) is 8.93. The summed E-state index contributed by atoms with van der Waals surface area (Å²) in [5.74, 6) is 0.837. The summed E-state index contributed by atoms with van der Waals surface area (Å²) in [6.07, 6.45) is 3.54. The highest BCUT2D eigenvalue weighted by atomic mass is 79.9. The van der Waals surface area contributed by atoms with Gasteiger partial charge in [0.25, 0.3) is 0 Å². The SMILES string of the molecule is CC(C)(C)C1CCN(c2cc(Br)ccc2CCN)CC1. The first-order valence-corrected chi connectivity index (χ1v) is 8.44. The normalized spacial score (nSPS) is 17.6. The van der Waals surface area contributed by atoms with Crippen molar-refractivity contribution in [3.8, 4) is 0 Å². The summed E-state index contributed by atoms with van der Waals surface area (Å²) in [5, 5.41) is 0. The highest BCUT2D eigenvalue weighted by Crippen LogP contribution is 2.36. The number of rotatable bonds is 3. The van der Waals surface area contributed by atoms with Crippen LogP contribution >= 0.6 is 15.9 Å². The monoisotopic (exact) mass is 338 g/mol. The van der Waals surface area contributed by atoms with E-state index in [0.29, 0.717) is 12.0 Å². The molecule has 0 saturated carbocycles. The van der Waals surface area contributed by atoms with Gasteiger partial charge >= 0.3 is 0 Å². The molecule has 1 aromatic carbocycles. The summed E-state index contributed by atoms with van der Waals surface area (Å²) in [4.78, 5) is 2.54. The molecule has 0 unspecified atom stereocenters. The molecule has 1 heterocycles. The van der Waals surface area contributed by atoms with E-state index in [1.165, 1.54) is 24.1 Å². The van der Waals surface area contributed by atoms with Gasteiger partial charge in [-0.2, -0.15) is 0 Å². The van der Waals surface area contributed by atoms with Crippen LogP contribution in [0.4, 0.5) is 5.69 Å². The van der Waals surface area contributed by atoms with E-state index in [2.05, 4.69) is 59.8 Å². The third-order valence-electron chi connectivity index (χ3n) is 4.52. The van der Waals surface area contributed by atoms with Gasteiger partial charge < -0.3 is 10.6 Å². The first kappa shape index (κ1) is 15.8. The predicted octanol–water partition coefficient (Wildman–Crippen LogP) is 4.21. The maximum atomic E-state index is 5.75. The molecule has 20 heavy (non-hydrogen) atoms. The molecule has 1 fully saturated rings. The first-order valence-electron chi connectivity index (χ1n) is 7.65. The van der Waals surface area contributed by atoms with Crippen LogP contribution in [-0.4, -0.2) is 19.6 Å². The molecule has 1 aliphatic rings. The lowest BCUT2D eigenvalue weighted by Gasteiger charge is -2.40. The molecule has 0 aromatic heterocycles. The Morgan fingerprint density at radius 1 is 1.25 bits per heavy atom. The van der Waals surface area contributed by atoms with Crippen molar-refractivity contribution in [2.24, 2.45) is 17.1 Å². The van der Waals surface area contributed by atoms with Crippen LogP contribution in [0.3, 0.4) is 0 Å². The average Bonchev–Trinajstić information content (AvgIpc) is 2.40. The summed E-state index contributed by atoms with van der Waals surface area (Å²) in [6.45, 7) is 10.1. The summed E-state index contributed by atoms with van der Waals surface area (Å²) >= 11 is 3.60. The maximum Gasteiger partial charge on any atom is 0.0410 e. The van der Waals surface area contributed by atoms with E-state index in [1.807, 2.05) is 0 Å². The van der Waals surface area contributed by atoms with Crippen LogP contribution in [0, 0.1) is 11.3 Å². The highest BCUT2D eigenvalue weighted by molar-refractivity contribution is 9.10. The van der Waals surface area contributed by atoms with Gasteiger partial charge in [0, 0.05) is 23.2 Å². The minimum Gasteiger partial charge on any atom is -0.371 e. The third-order valence-corrected chi connectivity index (χ3v) is 5.01. The van der Waals surface area contributed by atoms with Crippen molar-refractivity contribution >= 4 is 21.6 Å². The molecule has 0 bridgehead atoms. The molecule has 2 rings (SSSR count). The van der Waals surface area contributed by atoms with Crippen molar-refractivity contribution in [2.75, 3.05) is 24.5 Å². The lowest BCUT2D eigenvalue weighted by atomic mass is 9.75. The van der Waals surface area contributed by atoms with Crippen LogP contribution < -0.4 is 10.6 Å². The second-order valence-electron chi connectivity index (χ2n) is 6.94. The Balaban J connectivity index is 2.12. The molecule has 1 aliphatic heterocycles. The van der Waals surface area contributed by atoms with Gasteiger partial charge in [0.05, 0.1) is 0 Å². The molecule has 0 atom stereocenters. The standard InChI is InChI=1S/C17H27BrN2/c1-17(2,3)14-7-10-20(11-8-14)16-12-15(18)5-4-13(16)6-9-19/h4-5,12,14H,6-11,19H2,1-3H3. The fraction of sp³-hybridized carbons (Fsp3) is 0.647. The van der Waals surface area contributed by atoms with Gasteiger partial charge in [-0.25, -0.2) is 0 Å². The van der Waals surface area contributed by atoms with Crippen LogP contribution in [0.1, 0.15) is 39.2 Å². The van der Waals surface area contributed by atoms with Gasteiger partial charge in [-0.05, 0) is 54.8 Å². The molecule has 112 valence electrons. The zero-order valence-electron chi connectivity index (χ0n) is 13.0. The summed E-state index contributed by atoms with van der Waals surface area (Å²) in [6, 6.07) is 6.58. The van der Waals surface area contributed by atoms with Crippen molar-refractivity contribution in [1.29, 1.82) is 0 Å². The zero-order valence-corrected chi connectivity index (χ0v) is 14.5. The summed E-state index contributed by atoms with van der Waals surface area (Å²) in [7, 11) is 0. The smallest absolute Gasteiger partial charge is 0.0410 e. The van der Waals surface area contributed by atoms with E-state index in [-0.39, 0.29) is 0 Å². The Kier molecular flexibility index (Phi) is 5.14. The Labute approximate surface area is 131 Å². The maximum absolute atomic E-state index is 5.75. The molecule has 2 N–H and O–H groups in total. The van der Waals surface area contributed by atoms with Crippen LogP contribution in [0.15, 0.2) is 22.7 Å². The van der Waals surface area contributed by atoms with Crippen LogP contribution in [0.25, 0.3) is 0 Å². The van der Waals surface area contributed by atoms with Gasteiger partial charge in [0.2, 0.25) is 0 Å². The number of halogens is 1. The van der Waals surface area contributed by atoms with Crippen molar-refractivity contribution in [3.63, 3.8) is 0 Å².